The maximum Gasteiger partial charge on any atom is 0.165 e. The minimum Gasteiger partial charge on any atom is -0.290 e. The van der Waals surface area contributed by atoms with Crippen molar-refractivity contribution in [2.75, 3.05) is 0 Å². The zero-order valence-corrected chi connectivity index (χ0v) is 75.1. The van der Waals surface area contributed by atoms with Crippen LogP contribution in [0.25, 0.3) is 243 Å². The van der Waals surface area contributed by atoms with Crippen molar-refractivity contribution in [1.82, 2.24) is 77.4 Å². The molecule has 0 saturated carbocycles. The number of hydrogen-bond donors (Lipinski definition) is 0. The zero-order valence-electron chi connectivity index (χ0n) is 75.1. The van der Waals surface area contributed by atoms with Gasteiger partial charge in [0.2, 0.25) is 0 Å². The highest BCUT2D eigenvalue weighted by atomic mass is 15.1. The van der Waals surface area contributed by atoms with E-state index in [1.54, 1.807) is 0 Å². The lowest BCUT2D eigenvalue weighted by atomic mass is 9.98. The Hall–Kier alpha value is -18.3. The number of benzene rings is 12. The minimum atomic E-state index is 0.898. The predicted molar refractivity (Wildman–Crippen MR) is 559 cm³/mol. The summed E-state index contributed by atoms with van der Waals surface area (Å²) in [7, 11) is 0. The molecule has 0 bridgehead atoms. The van der Waals surface area contributed by atoms with E-state index in [-0.39, 0.29) is 0 Å². The van der Waals surface area contributed by atoms with Crippen molar-refractivity contribution in [2.45, 2.75) is 51.4 Å². The number of nitrogens with zero attached hydrogens (tertiary/aromatic N) is 16. The molecule has 16 heterocycles. The number of rotatable bonds is 0. The molecule has 0 atom stereocenters. The van der Waals surface area contributed by atoms with Crippen LogP contribution in [0.2, 0.25) is 0 Å². The molecule has 36 rings (SSSR count). The number of fused-ring (bicyclic) bond motifs is 60. The topological polar surface area (TPSA) is 172 Å². The van der Waals surface area contributed by atoms with E-state index < -0.39 is 0 Å². The smallest absolute Gasteiger partial charge is 0.165 e. The van der Waals surface area contributed by atoms with Crippen molar-refractivity contribution in [1.29, 1.82) is 0 Å². The molecular formula is C124H72N16. The summed E-state index contributed by atoms with van der Waals surface area (Å²) in [4.78, 5) is 58.1. The van der Waals surface area contributed by atoms with Crippen molar-refractivity contribution in [3.63, 3.8) is 0 Å². The molecule has 140 heavy (non-hydrogen) atoms. The largest absolute Gasteiger partial charge is 0.290 e. The van der Waals surface area contributed by atoms with Gasteiger partial charge in [-0.05, 0) is 337 Å². The van der Waals surface area contributed by atoms with Crippen LogP contribution in [0.4, 0.5) is 0 Å². The Labute approximate surface area is 796 Å². The normalized spacial score (nSPS) is 13.5. The lowest BCUT2D eigenvalue weighted by molar-refractivity contribution is 1.22. The molecule has 12 aromatic carbocycles. The molecule has 8 aliphatic rings. The van der Waals surface area contributed by atoms with Gasteiger partial charge in [0.25, 0.3) is 0 Å². The fraction of sp³-hybridized carbons (Fsp3) is 0.0645. The van der Waals surface area contributed by atoms with E-state index >= 15 is 0 Å². The van der Waals surface area contributed by atoms with Gasteiger partial charge < -0.3 is 0 Å². The third kappa shape index (κ3) is 10.3. The standard InChI is InChI=1S/4C31H18N4/c1-2-6-20-17(5-1)13-18-14-19-15-25-21(24(19)16-23(18)20)9-10-27-28(25)34-31-22-7-3-11-32-29(22)30-26(35(27)31)8-4-12-33-30;1-2-6-20-17(5-1)13-18-14-19-15-25-21(24(19)16-23(18)20)9-10-27-29(25)34-31-30-22(7-3-11-33-30)28-26(35(27)31)8-4-12-32-28;1-2-5-20-17(4-1)12-18-13-19-14-25-21(24(19)15-23(18)20)7-8-28-30(25)34-31-22-9-11-32-16-26(22)29-27(35(28)31)6-3-10-33-29;1-2-5-20-17(4-1)12-18-13-19-14-25-21(24(19)15-23(18)20)7-8-28-30(25)34-31-26-16-32-11-9-22(26)29-27(35(28)31)6-3-10-33-29/h2*1-12,14,16H,13,15H2;2*1-11,13,15-16H,12,14H2. The molecule has 16 heteroatoms. The van der Waals surface area contributed by atoms with Gasteiger partial charge >= 0.3 is 0 Å². The number of pyridine rings is 12. The SMILES string of the molecule is c1ccc2c(c1)Cc1cc3c(cc1-2)-c1ccc2c(nc4c5cccnc5c5ncccc5n24)c1C3.c1ccc2c(c1)Cc1cc3c(cc1-2)-c1ccc2c(nc4c5ccncc5c5ncccc5n24)c1C3.c1ccc2c(c1)Cc1cc3c(cc1-2)-c1ccc2c(nc4c5cnccc5c5ncccc5n24)c1C3.c1ccc2c(c1)Cc1cc3c(cc1-2)-c1ccc2c(nc4c5ncccc5c5ncccc5n24)c1C3. The van der Waals surface area contributed by atoms with Crippen LogP contribution in [0.5, 0.6) is 0 Å². The van der Waals surface area contributed by atoms with Gasteiger partial charge in [0.05, 0.1) is 82.8 Å². The number of aromatic nitrogens is 16. The maximum atomic E-state index is 5.27. The number of imidazole rings is 4. The molecule has 8 aliphatic carbocycles. The molecule has 0 spiro atoms. The molecule has 0 N–H and O–H groups in total. The van der Waals surface area contributed by atoms with Crippen molar-refractivity contribution >= 4 is 154 Å². The highest BCUT2D eigenvalue weighted by molar-refractivity contribution is 6.17. The van der Waals surface area contributed by atoms with Crippen molar-refractivity contribution < 1.29 is 0 Å². The van der Waals surface area contributed by atoms with Gasteiger partial charge in [0.15, 0.2) is 5.65 Å². The summed E-state index contributed by atoms with van der Waals surface area (Å²) in [5.41, 5.74) is 66.7. The Balaban J connectivity index is 0.0000000829. The summed E-state index contributed by atoms with van der Waals surface area (Å²) in [6, 6.07) is 102. The lowest BCUT2D eigenvalue weighted by Gasteiger charge is -2.08. The van der Waals surface area contributed by atoms with Gasteiger partial charge in [-0.1, -0.05) is 146 Å². The Kier molecular flexibility index (Phi) is 14.9. The Morgan fingerprint density at radius 3 is 0.857 bits per heavy atom. The highest BCUT2D eigenvalue weighted by Crippen LogP contribution is 2.54. The van der Waals surface area contributed by atoms with Gasteiger partial charge in [0.1, 0.15) is 33.5 Å². The van der Waals surface area contributed by atoms with Crippen molar-refractivity contribution in [3.05, 3.63) is 430 Å². The number of hydrogen-bond acceptors (Lipinski definition) is 12. The maximum absolute atomic E-state index is 5.27. The van der Waals surface area contributed by atoms with E-state index in [4.69, 9.17) is 44.9 Å². The van der Waals surface area contributed by atoms with Crippen LogP contribution in [-0.2, 0) is 51.4 Å². The molecular weight excluding hydrogens is 1710 g/mol. The summed E-state index contributed by atoms with van der Waals surface area (Å²) in [6.07, 6.45) is 26.4. The average molecular weight is 1790 g/mol. The first-order chi connectivity index (χ1) is 69.4. The van der Waals surface area contributed by atoms with E-state index in [0.717, 1.165) is 206 Å². The molecule has 0 unspecified atom stereocenters. The van der Waals surface area contributed by atoms with E-state index in [0.29, 0.717) is 0 Å². The molecule has 648 valence electrons. The fourth-order valence-electron chi connectivity index (χ4n) is 25.7. The van der Waals surface area contributed by atoms with E-state index in [9.17, 15) is 0 Å². The van der Waals surface area contributed by atoms with E-state index in [2.05, 4.69) is 269 Å². The molecule has 0 fully saturated rings. The average Bonchev–Trinajstić information content (AvgIpc) is 1.55. The molecule has 0 amide bonds. The molecule has 28 aromatic rings. The van der Waals surface area contributed by atoms with E-state index in [1.807, 2.05) is 104 Å². The quantitative estimate of drug-likeness (QED) is 0.132. The zero-order chi connectivity index (χ0) is 90.7. The second-order valence-electron chi connectivity index (χ2n) is 38.8. The summed E-state index contributed by atoms with van der Waals surface area (Å²) < 4.78 is 9.05. The van der Waals surface area contributed by atoms with Gasteiger partial charge in [-0.25, -0.2) is 19.9 Å². The Morgan fingerprint density at radius 2 is 0.443 bits per heavy atom. The fourth-order valence-corrected chi connectivity index (χ4v) is 25.7. The summed E-state index contributed by atoms with van der Waals surface area (Å²) in [6.45, 7) is 0. The van der Waals surface area contributed by atoms with Crippen LogP contribution >= 0.6 is 0 Å². The van der Waals surface area contributed by atoms with Gasteiger partial charge in [-0.15, -0.1) is 0 Å². The van der Waals surface area contributed by atoms with E-state index in [1.165, 1.54) is 178 Å². The minimum absolute atomic E-state index is 0.898. The predicted octanol–water partition coefficient (Wildman–Crippen LogP) is 26.9. The van der Waals surface area contributed by atoms with Crippen molar-refractivity contribution in [3.8, 4) is 89.0 Å². The van der Waals surface area contributed by atoms with Crippen LogP contribution in [0.1, 0.15) is 89.0 Å². The first kappa shape index (κ1) is 75.1. The van der Waals surface area contributed by atoms with Crippen LogP contribution < -0.4 is 0 Å². The molecule has 16 nitrogen and oxygen atoms in total. The molecule has 0 aliphatic heterocycles. The lowest BCUT2D eigenvalue weighted by Crippen LogP contribution is -1.94. The first-order valence-electron chi connectivity index (χ1n) is 48.2. The van der Waals surface area contributed by atoms with Crippen LogP contribution in [0.3, 0.4) is 0 Å². The van der Waals surface area contributed by atoms with Gasteiger partial charge in [-0.2, -0.15) is 0 Å². The molecule has 0 saturated heterocycles. The third-order valence-corrected chi connectivity index (χ3v) is 31.7. The first-order valence-corrected chi connectivity index (χ1v) is 48.2. The van der Waals surface area contributed by atoms with Gasteiger partial charge in [0, 0.05) is 120 Å². The summed E-state index contributed by atoms with van der Waals surface area (Å²) in [5.74, 6) is 0. The van der Waals surface area contributed by atoms with Crippen molar-refractivity contribution in [2.24, 2.45) is 0 Å². The van der Waals surface area contributed by atoms with Crippen LogP contribution in [0.15, 0.2) is 341 Å². The summed E-state index contributed by atoms with van der Waals surface area (Å²) in [5, 5.41) is 6.34. The molecule has 16 aromatic heterocycles. The second kappa shape index (κ2) is 27.7. The monoisotopic (exact) mass is 1780 g/mol. The van der Waals surface area contributed by atoms with Crippen LogP contribution in [0, 0.1) is 0 Å². The Bertz CT molecular complexity index is 9460. The highest BCUT2D eigenvalue weighted by Gasteiger charge is 2.36. The Morgan fingerprint density at radius 1 is 0.157 bits per heavy atom. The second-order valence-corrected chi connectivity index (χ2v) is 38.8. The van der Waals surface area contributed by atoms with Crippen LogP contribution in [-0.4, -0.2) is 77.4 Å². The summed E-state index contributed by atoms with van der Waals surface area (Å²) >= 11 is 0. The third-order valence-electron chi connectivity index (χ3n) is 31.7. The van der Waals surface area contributed by atoms with Gasteiger partial charge in [-0.3, -0.25) is 57.5 Å². The molecule has 0 radical (unpaired) electrons.